The number of nitrogens with two attached hydrogens (primary N) is 2. The Labute approximate surface area is 90.8 Å². The molecule has 0 aromatic heterocycles. The van der Waals surface area contributed by atoms with Crippen molar-refractivity contribution in [1.82, 2.24) is 5.32 Å². The minimum atomic E-state index is 0.318. The second-order valence-electron chi connectivity index (χ2n) is 4.25. The molecule has 82 valence electrons. The summed E-state index contributed by atoms with van der Waals surface area (Å²) in [6.07, 6.45) is 2.22. The van der Waals surface area contributed by atoms with E-state index in [9.17, 15) is 0 Å². The van der Waals surface area contributed by atoms with Crippen LogP contribution in [-0.2, 0) is 6.54 Å². The fourth-order valence-corrected chi connectivity index (χ4v) is 2.10. The molecular formula is C12H19N3. The van der Waals surface area contributed by atoms with E-state index in [1.54, 1.807) is 0 Å². The highest BCUT2D eigenvalue weighted by Crippen LogP contribution is 2.23. The molecule has 2 unspecified atom stereocenters. The number of piperidine rings is 1. The molecule has 0 spiro atoms. The monoisotopic (exact) mass is 205 g/mol. The quantitative estimate of drug-likeness (QED) is 0.672. The van der Waals surface area contributed by atoms with Gasteiger partial charge >= 0.3 is 0 Å². The first-order chi connectivity index (χ1) is 7.29. The summed E-state index contributed by atoms with van der Waals surface area (Å²) >= 11 is 0. The lowest BCUT2D eigenvalue weighted by molar-refractivity contribution is 0.373. The van der Waals surface area contributed by atoms with E-state index in [0.29, 0.717) is 18.6 Å². The molecule has 1 fully saturated rings. The highest BCUT2D eigenvalue weighted by atomic mass is 15.0. The van der Waals surface area contributed by atoms with E-state index in [4.69, 9.17) is 11.5 Å². The Hall–Kier alpha value is -0.900. The summed E-state index contributed by atoms with van der Waals surface area (Å²) in [5.41, 5.74) is 14.0. The van der Waals surface area contributed by atoms with E-state index >= 15 is 0 Å². The Balaban J connectivity index is 2.08. The predicted octanol–water partition coefficient (Wildman–Crippen LogP) is 0.897. The third-order valence-electron chi connectivity index (χ3n) is 3.04. The molecule has 1 saturated heterocycles. The molecule has 0 saturated carbocycles. The highest BCUT2D eigenvalue weighted by molar-refractivity contribution is 5.26. The molecule has 1 heterocycles. The fraction of sp³-hybridized carbons (Fsp3) is 0.500. The number of rotatable bonds is 2. The molecule has 0 bridgehead atoms. The van der Waals surface area contributed by atoms with Gasteiger partial charge in [0.2, 0.25) is 0 Å². The third kappa shape index (κ3) is 2.56. The minimum Gasteiger partial charge on any atom is -0.327 e. The molecule has 1 aromatic carbocycles. The van der Waals surface area contributed by atoms with Crippen LogP contribution >= 0.6 is 0 Å². The van der Waals surface area contributed by atoms with Crippen molar-refractivity contribution in [3.8, 4) is 0 Å². The number of benzene rings is 1. The van der Waals surface area contributed by atoms with Gasteiger partial charge in [-0.1, -0.05) is 24.3 Å². The second kappa shape index (κ2) is 4.75. The van der Waals surface area contributed by atoms with Crippen molar-refractivity contribution < 1.29 is 0 Å². The number of nitrogens with one attached hydrogen (secondary N) is 1. The zero-order chi connectivity index (χ0) is 10.7. The maximum atomic E-state index is 5.85. The molecule has 0 radical (unpaired) electrons. The molecule has 0 amide bonds. The van der Waals surface area contributed by atoms with Gasteiger partial charge in [0.25, 0.3) is 0 Å². The Kier molecular flexibility index (Phi) is 3.36. The van der Waals surface area contributed by atoms with Gasteiger partial charge in [0, 0.05) is 25.2 Å². The molecule has 3 heteroatoms. The van der Waals surface area contributed by atoms with Crippen LogP contribution in [0, 0.1) is 0 Å². The molecule has 2 rings (SSSR count). The molecule has 1 aromatic rings. The van der Waals surface area contributed by atoms with Crippen LogP contribution in [-0.4, -0.2) is 12.6 Å². The van der Waals surface area contributed by atoms with Gasteiger partial charge in [-0.15, -0.1) is 0 Å². The van der Waals surface area contributed by atoms with Crippen molar-refractivity contribution in [2.75, 3.05) is 6.54 Å². The first-order valence-corrected chi connectivity index (χ1v) is 5.57. The Morgan fingerprint density at radius 2 is 2.20 bits per heavy atom. The Morgan fingerprint density at radius 1 is 1.33 bits per heavy atom. The van der Waals surface area contributed by atoms with Gasteiger partial charge < -0.3 is 16.8 Å². The maximum Gasteiger partial charge on any atom is 0.0321 e. The van der Waals surface area contributed by atoms with Crippen molar-refractivity contribution in [3.05, 3.63) is 35.4 Å². The summed E-state index contributed by atoms with van der Waals surface area (Å²) in [5.74, 6) is 0. The molecule has 15 heavy (non-hydrogen) atoms. The van der Waals surface area contributed by atoms with Gasteiger partial charge in [-0.3, -0.25) is 0 Å². The van der Waals surface area contributed by atoms with Gasteiger partial charge in [0.15, 0.2) is 0 Å². The standard InChI is InChI=1S/C12H19N3/c13-7-9-2-1-3-10(6-9)12-5-4-11(14)8-15-12/h1-3,6,11-12,15H,4-5,7-8,13-14H2. The van der Waals surface area contributed by atoms with E-state index in [-0.39, 0.29) is 0 Å². The van der Waals surface area contributed by atoms with Crippen LogP contribution in [0.25, 0.3) is 0 Å². The van der Waals surface area contributed by atoms with Gasteiger partial charge in [-0.05, 0) is 24.0 Å². The molecule has 5 N–H and O–H groups in total. The molecular weight excluding hydrogens is 186 g/mol. The van der Waals surface area contributed by atoms with Crippen LogP contribution in [0.4, 0.5) is 0 Å². The third-order valence-corrected chi connectivity index (χ3v) is 3.04. The fourth-order valence-electron chi connectivity index (χ4n) is 2.10. The Morgan fingerprint density at radius 3 is 2.87 bits per heavy atom. The van der Waals surface area contributed by atoms with Crippen molar-refractivity contribution in [2.24, 2.45) is 11.5 Å². The van der Waals surface area contributed by atoms with Crippen molar-refractivity contribution in [1.29, 1.82) is 0 Å². The van der Waals surface area contributed by atoms with Gasteiger partial charge in [0.1, 0.15) is 0 Å². The second-order valence-corrected chi connectivity index (χ2v) is 4.25. The van der Waals surface area contributed by atoms with E-state index in [2.05, 4.69) is 29.6 Å². The van der Waals surface area contributed by atoms with Crippen LogP contribution in [0.2, 0.25) is 0 Å². The van der Waals surface area contributed by atoms with E-state index in [1.165, 1.54) is 11.1 Å². The first-order valence-electron chi connectivity index (χ1n) is 5.57. The number of hydrogen-bond donors (Lipinski definition) is 3. The van der Waals surface area contributed by atoms with Crippen LogP contribution in [0.5, 0.6) is 0 Å². The summed E-state index contributed by atoms with van der Waals surface area (Å²) in [4.78, 5) is 0. The molecule has 3 nitrogen and oxygen atoms in total. The zero-order valence-corrected chi connectivity index (χ0v) is 8.95. The summed E-state index contributed by atoms with van der Waals surface area (Å²) in [7, 11) is 0. The average molecular weight is 205 g/mol. The molecule has 1 aliphatic heterocycles. The number of hydrogen-bond acceptors (Lipinski definition) is 3. The van der Waals surface area contributed by atoms with Crippen molar-refractivity contribution in [3.63, 3.8) is 0 Å². The lowest BCUT2D eigenvalue weighted by atomic mass is 9.94. The van der Waals surface area contributed by atoms with Crippen molar-refractivity contribution >= 4 is 0 Å². The molecule has 1 aliphatic rings. The van der Waals surface area contributed by atoms with E-state index < -0.39 is 0 Å². The van der Waals surface area contributed by atoms with Crippen molar-refractivity contribution in [2.45, 2.75) is 31.5 Å². The molecule has 0 aliphatic carbocycles. The normalized spacial score (nSPS) is 26.5. The zero-order valence-electron chi connectivity index (χ0n) is 8.95. The predicted molar refractivity (Wildman–Crippen MR) is 62.3 cm³/mol. The molecule has 2 atom stereocenters. The Bertz CT molecular complexity index is 316. The topological polar surface area (TPSA) is 64.1 Å². The van der Waals surface area contributed by atoms with Crippen LogP contribution in [0.15, 0.2) is 24.3 Å². The maximum absolute atomic E-state index is 5.85. The average Bonchev–Trinajstić information content (AvgIpc) is 2.30. The van der Waals surface area contributed by atoms with E-state index in [0.717, 1.165) is 19.4 Å². The summed E-state index contributed by atoms with van der Waals surface area (Å²) in [6.45, 7) is 1.53. The summed E-state index contributed by atoms with van der Waals surface area (Å²) < 4.78 is 0. The minimum absolute atomic E-state index is 0.318. The smallest absolute Gasteiger partial charge is 0.0321 e. The van der Waals surface area contributed by atoms with Gasteiger partial charge in [0.05, 0.1) is 0 Å². The first kappa shape index (κ1) is 10.6. The van der Waals surface area contributed by atoms with Crippen LogP contribution in [0.3, 0.4) is 0 Å². The lowest BCUT2D eigenvalue weighted by Gasteiger charge is -2.28. The van der Waals surface area contributed by atoms with Gasteiger partial charge in [-0.2, -0.15) is 0 Å². The largest absolute Gasteiger partial charge is 0.327 e. The highest BCUT2D eigenvalue weighted by Gasteiger charge is 2.18. The van der Waals surface area contributed by atoms with Crippen LogP contribution < -0.4 is 16.8 Å². The van der Waals surface area contributed by atoms with Crippen LogP contribution in [0.1, 0.15) is 30.0 Å². The summed E-state index contributed by atoms with van der Waals surface area (Å²) in [5, 5.41) is 3.47. The van der Waals surface area contributed by atoms with E-state index in [1.807, 2.05) is 0 Å². The van der Waals surface area contributed by atoms with Gasteiger partial charge in [-0.25, -0.2) is 0 Å². The SMILES string of the molecule is NCc1cccc(C2CCC(N)CN2)c1. The lowest BCUT2D eigenvalue weighted by Crippen LogP contribution is -2.41. The summed E-state index contributed by atoms with van der Waals surface area (Å²) in [6, 6.07) is 9.27.